The monoisotopic (exact) mass is 387 g/mol. The zero-order valence-electron chi connectivity index (χ0n) is 15.3. The number of nitrogens with zero attached hydrogens (tertiary/aromatic N) is 2. The number of nitro benzene ring substituents is 1. The Morgan fingerprint density at radius 3 is 2.39 bits per heavy atom. The van der Waals surface area contributed by atoms with Gasteiger partial charge in [-0.1, -0.05) is 0 Å². The highest BCUT2D eigenvalue weighted by Gasteiger charge is 2.17. The number of fused-ring (bicyclic) bond motifs is 1. The van der Waals surface area contributed by atoms with E-state index >= 15 is 0 Å². The van der Waals surface area contributed by atoms with Crippen LogP contribution in [0.5, 0.6) is 23.0 Å². The van der Waals surface area contributed by atoms with Gasteiger partial charge >= 0.3 is 5.69 Å². The molecule has 1 heterocycles. The number of ether oxygens (including phenoxy) is 4. The lowest BCUT2D eigenvalue weighted by Crippen LogP contribution is -2.14. The lowest BCUT2D eigenvalue weighted by Gasteiger charge is -2.10. The molecule has 1 aromatic heterocycles. The molecule has 0 saturated heterocycles. The number of aromatic amines is 1. The van der Waals surface area contributed by atoms with Crippen LogP contribution in [-0.2, 0) is 6.61 Å². The number of methoxy groups -OCH3 is 3. The van der Waals surface area contributed by atoms with Crippen LogP contribution in [0, 0.1) is 10.1 Å². The zero-order chi connectivity index (χ0) is 20.3. The fraction of sp³-hybridized carbons (Fsp3) is 0.222. The summed E-state index contributed by atoms with van der Waals surface area (Å²) in [5.74, 6) is 1.39. The molecule has 0 fully saturated rings. The highest BCUT2D eigenvalue weighted by Crippen LogP contribution is 2.32. The van der Waals surface area contributed by atoms with Crippen LogP contribution >= 0.6 is 0 Å². The molecule has 0 bridgehead atoms. The number of aromatic nitrogens is 2. The van der Waals surface area contributed by atoms with Crippen LogP contribution < -0.4 is 24.5 Å². The number of hydrogen-bond acceptors (Lipinski definition) is 8. The summed E-state index contributed by atoms with van der Waals surface area (Å²) >= 11 is 0. The summed E-state index contributed by atoms with van der Waals surface area (Å²) in [5, 5.41) is 11.5. The Balaban J connectivity index is 1.93. The summed E-state index contributed by atoms with van der Waals surface area (Å²) in [6.07, 6.45) is 0. The minimum atomic E-state index is -0.578. The van der Waals surface area contributed by atoms with Crippen molar-refractivity contribution in [3.05, 3.63) is 56.6 Å². The van der Waals surface area contributed by atoms with Crippen LogP contribution in [-0.4, -0.2) is 36.2 Å². The van der Waals surface area contributed by atoms with Crippen LogP contribution in [0.3, 0.4) is 0 Å². The van der Waals surface area contributed by atoms with E-state index in [-0.39, 0.29) is 23.9 Å². The fourth-order valence-corrected chi connectivity index (χ4v) is 2.62. The molecule has 28 heavy (non-hydrogen) atoms. The van der Waals surface area contributed by atoms with Crippen molar-refractivity contribution in [2.75, 3.05) is 21.3 Å². The van der Waals surface area contributed by atoms with Gasteiger partial charge in [-0.05, 0) is 18.2 Å². The summed E-state index contributed by atoms with van der Waals surface area (Å²) in [5.41, 5.74) is -0.271. The van der Waals surface area contributed by atoms with E-state index in [4.69, 9.17) is 18.9 Å². The summed E-state index contributed by atoms with van der Waals surface area (Å²) in [6.45, 7) is -0.174. The van der Waals surface area contributed by atoms with Gasteiger partial charge in [0.15, 0.2) is 17.2 Å². The molecule has 0 radical (unpaired) electrons. The van der Waals surface area contributed by atoms with Gasteiger partial charge < -0.3 is 23.9 Å². The maximum Gasteiger partial charge on any atom is 0.314 e. The maximum absolute atomic E-state index is 12.4. The van der Waals surface area contributed by atoms with Gasteiger partial charge in [-0.25, -0.2) is 4.98 Å². The molecule has 0 saturated carbocycles. The molecule has 0 aliphatic heterocycles. The molecule has 0 aliphatic rings. The molecule has 2 aromatic carbocycles. The van der Waals surface area contributed by atoms with Crippen molar-refractivity contribution in [2.45, 2.75) is 6.61 Å². The molecule has 3 rings (SSSR count). The smallest absolute Gasteiger partial charge is 0.314 e. The maximum atomic E-state index is 12.4. The summed E-state index contributed by atoms with van der Waals surface area (Å²) < 4.78 is 20.9. The molecule has 10 heteroatoms. The molecule has 146 valence electrons. The minimum Gasteiger partial charge on any atom is -0.496 e. The first-order valence-electron chi connectivity index (χ1n) is 8.07. The molecule has 0 unspecified atom stereocenters. The third kappa shape index (κ3) is 3.65. The van der Waals surface area contributed by atoms with E-state index < -0.39 is 10.5 Å². The fourth-order valence-electron chi connectivity index (χ4n) is 2.62. The van der Waals surface area contributed by atoms with E-state index in [0.717, 1.165) is 0 Å². The Morgan fingerprint density at radius 1 is 1.04 bits per heavy atom. The average molecular weight is 387 g/mol. The second-order valence-corrected chi connectivity index (χ2v) is 5.62. The number of H-pyrrole nitrogens is 1. The largest absolute Gasteiger partial charge is 0.496 e. The third-order valence-corrected chi connectivity index (χ3v) is 3.99. The van der Waals surface area contributed by atoms with Crippen molar-refractivity contribution in [3.8, 4) is 23.0 Å². The molecule has 0 spiro atoms. The van der Waals surface area contributed by atoms with E-state index in [1.165, 1.54) is 45.6 Å². The Bertz CT molecular complexity index is 1090. The van der Waals surface area contributed by atoms with Gasteiger partial charge in [0.2, 0.25) is 0 Å². The van der Waals surface area contributed by atoms with Crippen molar-refractivity contribution in [1.29, 1.82) is 0 Å². The summed E-state index contributed by atoms with van der Waals surface area (Å²) in [4.78, 5) is 29.9. The van der Waals surface area contributed by atoms with Crippen LogP contribution in [0.4, 0.5) is 5.69 Å². The first kappa shape index (κ1) is 19.0. The Labute approximate surface area is 158 Å². The first-order valence-corrected chi connectivity index (χ1v) is 8.07. The molecular formula is C18H17N3O7. The lowest BCUT2D eigenvalue weighted by atomic mass is 10.2. The van der Waals surface area contributed by atoms with Crippen LogP contribution in [0.15, 0.2) is 35.1 Å². The van der Waals surface area contributed by atoms with Gasteiger partial charge in [0.05, 0.1) is 43.2 Å². The highest BCUT2D eigenvalue weighted by molar-refractivity contribution is 5.81. The molecule has 0 amide bonds. The second kappa shape index (κ2) is 7.82. The normalized spacial score (nSPS) is 10.5. The van der Waals surface area contributed by atoms with Gasteiger partial charge in [0, 0.05) is 6.07 Å². The van der Waals surface area contributed by atoms with E-state index in [2.05, 4.69) is 9.97 Å². The standard InChI is InChI=1S/C18H17N3O7/c1-25-10-4-5-14(13(6-10)21(23)24)28-9-17-19-12-8-16(27-3)15(26-2)7-11(12)18(22)20-17/h4-8H,9H2,1-3H3,(H,19,20,22). The minimum absolute atomic E-state index is 0.0286. The van der Waals surface area contributed by atoms with Crippen LogP contribution in [0.2, 0.25) is 0 Å². The quantitative estimate of drug-likeness (QED) is 0.484. The summed E-state index contributed by atoms with van der Waals surface area (Å²) in [7, 11) is 4.35. The predicted octanol–water partition coefficient (Wildman–Crippen LogP) is 2.44. The molecule has 10 nitrogen and oxygen atoms in total. The SMILES string of the molecule is COc1ccc(OCc2nc3cc(OC)c(OC)cc3c(=O)[nH]2)c([N+](=O)[O-])c1. The third-order valence-electron chi connectivity index (χ3n) is 3.99. The second-order valence-electron chi connectivity index (χ2n) is 5.62. The number of nitro groups is 1. The van der Waals surface area contributed by atoms with Gasteiger partial charge in [-0.3, -0.25) is 14.9 Å². The first-order chi connectivity index (χ1) is 13.5. The van der Waals surface area contributed by atoms with E-state index in [1.807, 2.05) is 0 Å². The van der Waals surface area contributed by atoms with Crippen molar-refractivity contribution in [2.24, 2.45) is 0 Å². The number of rotatable bonds is 7. The van der Waals surface area contributed by atoms with Crippen LogP contribution in [0.1, 0.15) is 5.82 Å². The van der Waals surface area contributed by atoms with Gasteiger partial charge in [-0.15, -0.1) is 0 Å². The summed E-state index contributed by atoms with van der Waals surface area (Å²) in [6, 6.07) is 7.31. The molecule has 1 N–H and O–H groups in total. The number of hydrogen-bond donors (Lipinski definition) is 1. The van der Waals surface area contributed by atoms with Crippen molar-refractivity contribution >= 4 is 16.6 Å². The van der Waals surface area contributed by atoms with Gasteiger partial charge in [0.25, 0.3) is 5.56 Å². The molecule has 0 atom stereocenters. The highest BCUT2D eigenvalue weighted by atomic mass is 16.6. The van der Waals surface area contributed by atoms with Crippen molar-refractivity contribution in [3.63, 3.8) is 0 Å². The average Bonchev–Trinajstić information content (AvgIpc) is 2.71. The number of benzene rings is 2. The molecular weight excluding hydrogens is 370 g/mol. The lowest BCUT2D eigenvalue weighted by molar-refractivity contribution is -0.386. The Kier molecular flexibility index (Phi) is 5.30. The van der Waals surface area contributed by atoms with E-state index in [0.29, 0.717) is 28.2 Å². The number of nitrogens with one attached hydrogen (secondary N) is 1. The van der Waals surface area contributed by atoms with E-state index in [9.17, 15) is 14.9 Å². The molecule has 3 aromatic rings. The molecule has 0 aliphatic carbocycles. The zero-order valence-corrected chi connectivity index (χ0v) is 15.3. The van der Waals surface area contributed by atoms with Crippen molar-refractivity contribution < 1.29 is 23.9 Å². The van der Waals surface area contributed by atoms with Gasteiger partial charge in [-0.2, -0.15) is 0 Å². The predicted molar refractivity (Wildman–Crippen MR) is 99.4 cm³/mol. The Hall–Kier alpha value is -3.82. The van der Waals surface area contributed by atoms with Crippen molar-refractivity contribution in [1.82, 2.24) is 9.97 Å². The Morgan fingerprint density at radius 2 is 1.75 bits per heavy atom. The van der Waals surface area contributed by atoms with Crippen LogP contribution in [0.25, 0.3) is 10.9 Å². The van der Waals surface area contributed by atoms with E-state index in [1.54, 1.807) is 6.07 Å². The topological polar surface area (TPSA) is 126 Å². The van der Waals surface area contributed by atoms with Gasteiger partial charge in [0.1, 0.15) is 18.2 Å².